The van der Waals surface area contributed by atoms with E-state index < -0.39 is 215 Å². The van der Waals surface area contributed by atoms with Crippen LogP contribution in [-0.4, -0.2) is 265 Å². The van der Waals surface area contributed by atoms with Crippen molar-refractivity contribution in [3.05, 3.63) is 71.8 Å². The summed E-state index contributed by atoms with van der Waals surface area (Å²) < 4.78 is 0. The van der Waals surface area contributed by atoms with Gasteiger partial charge in [0, 0.05) is 37.8 Å². The Morgan fingerprint density at radius 1 is 0.331 bits per heavy atom. The summed E-state index contributed by atoms with van der Waals surface area (Å²) in [4.78, 5) is 253. The highest BCUT2D eigenvalue weighted by atomic mass is 16.3. The van der Waals surface area contributed by atoms with Crippen molar-refractivity contribution in [2.75, 3.05) is 52.4 Å². The molecule has 42 heteroatoms. The molecule has 2 fully saturated rings. The highest BCUT2D eigenvalue weighted by molar-refractivity contribution is 6.01. The van der Waals surface area contributed by atoms with E-state index in [4.69, 9.17) is 34.4 Å². The molecule has 0 radical (unpaired) electrons. The second-order valence-corrected chi connectivity index (χ2v) is 41.6. The molecule has 1 unspecified atom stereocenters. The first-order valence-corrected chi connectivity index (χ1v) is 53.8. The number of amides is 16. The molecular formula is C106H182N22O20. The van der Waals surface area contributed by atoms with E-state index in [0.29, 0.717) is 43.9 Å². The lowest BCUT2D eigenvalue weighted by Gasteiger charge is -2.28. The predicted octanol–water partition coefficient (Wildman–Crippen LogP) is 1.25. The van der Waals surface area contributed by atoms with Crippen molar-refractivity contribution in [3.8, 4) is 0 Å². The fourth-order valence-corrected chi connectivity index (χ4v) is 17.4. The molecule has 2 aliphatic heterocycles. The Hall–Kier alpha value is -11.0. The molecule has 2 heterocycles. The zero-order chi connectivity index (χ0) is 111. The Morgan fingerprint density at radius 3 is 0.939 bits per heavy atom. The van der Waals surface area contributed by atoms with Crippen molar-refractivity contribution in [3.63, 3.8) is 0 Å². The average Bonchev–Trinajstić information content (AvgIpc) is 1.12. The molecule has 16 amide bonds. The lowest BCUT2D eigenvalue weighted by Crippen LogP contribution is -2.59. The zero-order valence-electron chi connectivity index (χ0n) is 90.2. The van der Waals surface area contributed by atoms with E-state index in [1.807, 2.05) is 83.1 Å². The molecule has 19 atom stereocenters. The van der Waals surface area contributed by atoms with Crippen molar-refractivity contribution in [1.82, 2.24) is 85.1 Å². The minimum Gasteiger partial charge on any atom is -0.393 e. The fourth-order valence-electron chi connectivity index (χ4n) is 17.4. The quantitative estimate of drug-likeness (QED) is 0.0415. The molecule has 836 valence electrons. The molecule has 0 saturated carbocycles. The number of hydrogen-bond donors (Lipinski definition) is 24. The molecule has 30 N–H and O–H groups in total. The number of nitrogens with one attached hydrogen (secondary N) is 16. The van der Waals surface area contributed by atoms with Crippen LogP contribution in [0.5, 0.6) is 0 Å². The second-order valence-electron chi connectivity index (χ2n) is 41.6. The number of rotatable bonds is 48. The number of benzene rings is 2. The number of unbranched alkanes of at least 4 members (excludes halogenated alkanes) is 2. The van der Waals surface area contributed by atoms with E-state index in [1.165, 1.54) is 0 Å². The van der Waals surface area contributed by atoms with Crippen LogP contribution in [0.25, 0.3) is 0 Å². The van der Waals surface area contributed by atoms with Crippen molar-refractivity contribution in [1.29, 1.82) is 0 Å². The van der Waals surface area contributed by atoms with Crippen LogP contribution in [0.3, 0.4) is 0 Å². The molecule has 148 heavy (non-hydrogen) atoms. The number of ketones is 2. The zero-order valence-corrected chi connectivity index (χ0v) is 90.2. The van der Waals surface area contributed by atoms with E-state index >= 15 is 0 Å². The largest absolute Gasteiger partial charge is 0.393 e. The summed E-state index contributed by atoms with van der Waals surface area (Å²) in [5.74, 6) is -13.8. The van der Waals surface area contributed by atoms with Gasteiger partial charge in [-0.15, -0.1) is 0 Å². The minimum absolute atomic E-state index is 0.00450. The summed E-state index contributed by atoms with van der Waals surface area (Å²) >= 11 is 0. The van der Waals surface area contributed by atoms with Gasteiger partial charge in [0.15, 0.2) is 11.6 Å². The van der Waals surface area contributed by atoms with Crippen molar-refractivity contribution < 1.29 is 96.5 Å². The summed E-state index contributed by atoms with van der Waals surface area (Å²) in [7, 11) is 0. The first-order valence-electron chi connectivity index (χ1n) is 53.8. The van der Waals surface area contributed by atoms with Crippen molar-refractivity contribution in [2.24, 2.45) is 81.7 Å². The van der Waals surface area contributed by atoms with E-state index in [1.54, 1.807) is 60.7 Å². The number of aliphatic hydroxyl groups excluding tert-OH is 2. The van der Waals surface area contributed by atoms with Gasteiger partial charge in [0.1, 0.15) is 72.5 Å². The highest BCUT2D eigenvalue weighted by Crippen LogP contribution is 2.24. The molecule has 2 aromatic carbocycles. The predicted molar refractivity (Wildman–Crippen MR) is 566 cm³/mol. The minimum atomic E-state index is -1.44. The lowest BCUT2D eigenvalue weighted by molar-refractivity contribution is -0.136. The van der Waals surface area contributed by atoms with E-state index in [-0.39, 0.29) is 204 Å². The fraction of sp³-hybridized carbons (Fsp3) is 0.717. The summed E-state index contributed by atoms with van der Waals surface area (Å²) in [6, 6.07) is 0.850. The van der Waals surface area contributed by atoms with Crippen LogP contribution in [0.4, 0.5) is 0 Å². The van der Waals surface area contributed by atoms with Crippen LogP contribution in [0.15, 0.2) is 60.7 Å². The van der Waals surface area contributed by atoms with Gasteiger partial charge in [-0.1, -0.05) is 203 Å². The SMILES string of the molecule is CCC[C@@H]1NC(=O)[C@H](CCN)NC(=O)[C@H](Cc2ccccc2)CC(=O)[C@@H](CC(C)C)NC(=O)[C@H](CCN)NC(=O)[C@@H](NC(=O)[C@@H](CCN)NC(=O)C[C@H](O)CCC(C)CC)CCNC(=O)[C@H](CC(C)C)NC1=O.CCC[C@@H]1NC(=O)[C@H](CCN)NC(=O)[C@H](Cc2ccccc2)CC(=O)[C@@H](CC(C)C)NC(=O)[C@H](CCN)NC(=O)[C@@H](NC(=O)[C@@H](CCN)NC(=O)C[C@H](O)CCCCCC(C)C)CCNC(=O)[C@H](CC(C)C)NC1=O. The van der Waals surface area contributed by atoms with Gasteiger partial charge in [-0.05, 0) is 208 Å². The lowest BCUT2D eigenvalue weighted by atomic mass is 9.88. The van der Waals surface area contributed by atoms with Crippen LogP contribution in [-0.2, 0) is 99.1 Å². The average molecular weight is 2080 g/mol. The third-order valence-electron chi connectivity index (χ3n) is 25.9. The number of carbonyl (C=O) groups excluding carboxylic acids is 18. The Bertz CT molecular complexity index is 4420. The molecule has 0 aromatic heterocycles. The third kappa shape index (κ3) is 51.9. The maximum absolute atomic E-state index is 14.4. The number of aliphatic hydroxyl groups is 2. The van der Waals surface area contributed by atoms with Crippen LogP contribution in [0.2, 0.25) is 0 Å². The van der Waals surface area contributed by atoms with Crippen LogP contribution in [0.1, 0.15) is 288 Å². The second kappa shape index (κ2) is 72.4. The number of nitrogens with two attached hydrogens (primary N) is 6. The third-order valence-corrected chi connectivity index (χ3v) is 25.9. The van der Waals surface area contributed by atoms with Crippen LogP contribution < -0.4 is 119 Å². The van der Waals surface area contributed by atoms with Gasteiger partial charge in [-0.25, -0.2) is 0 Å². The Kier molecular flexibility index (Phi) is 64.2. The molecule has 4 rings (SSSR count). The number of hydrogen-bond acceptors (Lipinski definition) is 26. The van der Waals surface area contributed by atoms with Crippen molar-refractivity contribution in [2.45, 2.75) is 386 Å². The van der Waals surface area contributed by atoms with Gasteiger partial charge in [-0.3, -0.25) is 86.3 Å². The molecule has 2 saturated heterocycles. The molecule has 2 aliphatic rings. The molecule has 0 bridgehead atoms. The van der Waals surface area contributed by atoms with Gasteiger partial charge < -0.3 is 130 Å². The summed E-state index contributed by atoms with van der Waals surface area (Å²) in [6.45, 7) is 26.1. The molecule has 0 aliphatic carbocycles. The monoisotopic (exact) mass is 2080 g/mol. The molecule has 2 aromatic rings. The first-order chi connectivity index (χ1) is 70.3. The summed E-state index contributed by atoms with van der Waals surface area (Å²) in [5, 5.41) is 64.9. The Labute approximate surface area is 875 Å². The first kappa shape index (κ1) is 131. The maximum Gasteiger partial charge on any atom is 0.243 e. The van der Waals surface area contributed by atoms with Crippen molar-refractivity contribution >= 4 is 106 Å². The maximum atomic E-state index is 14.4. The molecular weight excluding hydrogens is 1900 g/mol. The van der Waals surface area contributed by atoms with Gasteiger partial charge in [-0.2, -0.15) is 0 Å². The summed E-state index contributed by atoms with van der Waals surface area (Å²) in [6.07, 6.45) is 4.34. The van der Waals surface area contributed by atoms with Crippen LogP contribution >= 0.6 is 0 Å². The topological polar surface area (TPSA) is 696 Å². The summed E-state index contributed by atoms with van der Waals surface area (Å²) in [5.41, 5.74) is 37.0. The number of Topliss-reactive ketones (excluding diaryl/α,β-unsaturated/α-hetero) is 2. The Balaban J connectivity index is 0.000000760. The van der Waals surface area contributed by atoms with E-state index in [9.17, 15) is 96.5 Å². The number of carbonyl (C=O) groups is 18. The van der Waals surface area contributed by atoms with Gasteiger partial charge in [0.25, 0.3) is 0 Å². The molecule has 42 nitrogen and oxygen atoms in total. The van der Waals surface area contributed by atoms with E-state index in [0.717, 1.165) is 43.2 Å². The molecule has 0 spiro atoms. The van der Waals surface area contributed by atoms with Gasteiger partial charge in [0.2, 0.25) is 94.5 Å². The van der Waals surface area contributed by atoms with Crippen LogP contribution in [0, 0.1) is 47.3 Å². The Morgan fingerprint density at radius 2 is 0.628 bits per heavy atom. The highest BCUT2D eigenvalue weighted by Gasteiger charge is 2.41. The smallest absolute Gasteiger partial charge is 0.243 e. The standard InChI is InChI=1S/C54H93N11O10.C52H89N11O10/c1-8-15-39-50(71)65-45(29-35(6)7)49(70)58-27-23-43(63-51(72)40(20-24-55)59-47(68)32-38(66)19-14-9-11-16-33(2)3)54(75)62-42(22-26-57)53(74)64-44(28-34(4)5)46(67)31-37(30-36-17-12-10-13-18-36)48(69)60-41(21-25-56)52(73)61-39;1-8-13-37-48(69)63-43(27-32(5)6)47(68)56-25-21-41(61-49(70)38(18-22-53)57-45(66)30-36(64)17-16-33(7)9-2)52(73)60-40(20-24-55)51(72)62-42(26-31(3)4)44(65)29-35(28-34-14-11-10-12-15-34)46(67)58-39(19-23-54)50(71)59-37/h10,12-13,17-18,33-35,37-45,66H,8-9,11,14-16,19-32,55-57H2,1-7H3,(H,58,70)(H,59,68)(H,60,69)(H,61,73)(H,62,75)(H,63,72)(H,64,74)(H,65,71);10-12,14-15,31-33,35-43,64H,8-9,13,16-30,53-55H2,1-7H3,(H,56,68)(H,57,66)(H,58,67)(H,59,71)(H,60,73)(H,61,70)(H,62,72)(H,63,69)/t37-,38-,39+,40-,41+,42+,43+,44-,45+;33?,35-,36-,37+,38-,39+,40+,41+,42-,43+/m11/s1. The normalized spacial score (nSPS) is 23.4. The van der Waals surface area contributed by atoms with E-state index in [2.05, 4.69) is 98.9 Å². The van der Waals surface area contributed by atoms with Gasteiger partial charge in [0.05, 0.1) is 37.1 Å². The van der Waals surface area contributed by atoms with Gasteiger partial charge >= 0.3 is 0 Å².